The second-order valence-corrected chi connectivity index (χ2v) is 2.05. The number of nitrogens with two attached hydrogens (primary N) is 1. The summed E-state index contributed by atoms with van der Waals surface area (Å²) in [6.45, 7) is 0. The second kappa shape index (κ2) is 2.12. The number of nitrogen functional groups attached to an aromatic ring is 1. The molecule has 0 saturated heterocycles. The molecule has 2 heterocycles. The van der Waals surface area contributed by atoms with Gasteiger partial charge in [0.1, 0.15) is 0 Å². The average molecular weight is 150 g/mol. The first-order chi connectivity index (χ1) is 5.36. The van der Waals surface area contributed by atoms with Crippen molar-refractivity contribution in [3.63, 3.8) is 0 Å². The molecule has 0 atom stereocenters. The largest absolute Gasteiger partial charge is 0.381 e. The fraction of sp³-hybridized carbons (Fsp3) is 0. The molecule has 11 heavy (non-hydrogen) atoms. The van der Waals surface area contributed by atoms with Gasteiger partial charge < -0.3 is 15.2 Å². The van der Waals surface area contributed by atoms with Crippen molar-refractivity contribution >= 4 is 5.82 Å². The molecule has 0 aliphatic heterocycles. The number of aromatic nitrogens is 3. The molecule has 5 heteroatoms. The zero-order valence-electron chi connectivity index (χ0n) is 5.61. The third kappa shape index (κ3) is 0.958. The number of H-pyrrole nitrogens is 1. The summed E-state index contributed by atoms with van der Waals surface area (Å²) in [6.07, 6.45) is 3.34. The summed E-state index contributed by atoms with van der Waals surface area (Å²) >= 11 is 0. The van der Waals surface area contributed by atoms with Crippen LogP contribution in [0.2, 0.25) is 0 Å². The summed E-state index contributed by atoms with van der Waals surface area (Å²) in [5.74, 6) is 1.54. The minimum absolute atomic E-state index is 0.358. The Hall–Kier alpha value is -1.78. The smallest absolute Gasteiger partial charge is 0.204 e. The monoisotopic (exact) mass is 150 g/mol. The Morgan fingerprint density at radius 3 is 3.00 bits per heavy atom. The standard InChI is InChI=1S/C6H6N4O/c7-5-3-4(11-10-5)6-8-1-2-9-6/h1-3H,(H2,7,10)(H,8,9). The first kappa shape index (κ1) is 5.96. The van der Waals surface area contributed by atoms with E-state index in [-0.39, 0.29) is 0 Å². The maximum Gasteiger partial charge on any atom is 0.204 e. The van der Waals surface area contributed by atoms with Crippen LogP contribution in [-0.2, 0) is 0 Å². The zero-order chi connectivity index (χ0) is 7.68. The third-order valence-corrected chi connectivity index (χ3v) is 1.26. The van der Waals surface area contributed by atoms with Crippen LogP contribution >= 0.6 is 0 Å². The number of hydrogen-bond donors (Lipinski definition) is 2. The van der Waals surface area contributed by atoms with Crippen LogP contribution in [0.4, 0.5) is 5.82 Å². The van der Waals surface area contributed by atoms with E-state index in [1.807, 2.05) is 0 Å². The minimum Gasteiger partial charge on any atom is -0.381 e. The van der Waals surface area contributed by atoms with Crippen molar-refractivity contribution < 1.29 is 4.52 Å². The molecule has 0 aliphatic carbocycles. The van der Waals surface area contributed by atoms with Crippen molar-refractivity contribution in [1.82, 2.24) is 15.1 Å². The Morgan fingerprint density at radius 1 is 1.55 bits per heavy atom. The summed E-state index contributed by atoms with van der Waals surface area (Å²) in [5.41, 5.74) is 5.34. The second-order valence-electron chi connectivity index (χ2n) is 2.05. The third-order valence-electron chi connectivity index (χ3n) is 1.26. The van der Waals surface area contributed by atoms with Crippen LogP contribution in [0.25, 0.3) is 11.6 Å². The van der Waals surface area contributed by atoms with E-state index < -0.39 is 0 Å². The lowest BCUT2D eigenvalue weighted by molar-refractivity contribution is 0.433. The fourth-order valence-corrected chi connectivity index (χ4v) is 0.801. The Balaban J connectivity index is 2.45. The fourth-order valence-electron chi connectivity index (χ4n) is 0.801. The van der Waals surface area contributed by atoms with E-state index in [9.17, 15) is 0 Å². The maximum atomic E-state index is 5.34. The highest BCUT2D eigenvalue weighted by Crippen LogP contribution is 2.15. The lowest BCUT2D eigenvalue weighted by atomic mass is 10.4. The summed E-state index contributed by atoms with van der Waals surface area (Å²) in [7, 11) is 0. The van der Waals surface area contributed by atoms with E-state index in [2.05, 4.69) is 15.1 Å². The van der Waals surface area contributed by atoms with Crippen LogP contribution in [0.15, 0.2) is 23.0 Å². The number of aromatic amines is 1. The van der Waals surface area contributed by atoms with Gasteiger partial charge in [0.25, 0.3) is 0 Å². The van der Waals surface area contributed by atoms with E-state index in [0.717, 1.165) is 0 Å². The van der Waals surface area contributed by atoms with Crippen LogP contribution in [0, 0.1) is 0 Å². The van der Waals surface area contributed by atoms with E-state index in [4.69, 9.17) is 10.3 Å². The zero-order valence-corrected chi connectivity index (χ0v) is 5.61. The SMILES string of the molecule is Nc1cc(-c2ncc[nH]2)on1. The average Bonchev–Trinajstić information content (AvgIpc) is 2.55. The summed E-state index contributed by atoms with van der Waals surface area (Å²) in [4.78, 5) is 6.82. The molecule has 3 N–H and O–H groups in total. The topological polar surface area (TPSA) is 80.7 Å². The quantitative estimate of drug-likeness (QED) is 0.625. The lowest BCUT2D eigenvalue weighted by Crippen LogP contribution is -1.80. The van der Waals surface area contributed by atoms with Gasteiger partial charge in [0.15, 0.2) is 11.6 Å². The predicted molar refractivity (Wildman–Crippen MR) is 38.5 cm³/mol. The van der Waals surface area contributed by atoms with Gasteiger partial charge in [-0.2, -0.15) is 0 Å². The molecule has 0 radical (unpaired) electrons. The van der Waals surface area contributed by atoms with Gasteiger partial charge in [0.2, 0.25) is 5.76 Å². The number of anilines is 1. The van der Waals surface area contributed by atoms with Crippen molar-refractivity contribution in [3.8, 4) is 11.6 Å². The molecule has 0 bridgehead atoms. The number of nitrogens with one attached hydrogen (secondary N) is 1. The van der Waals surface area contributed by atoms with Crippen LogP contribution < -0.4 is 5.73 Å². The van der Waals surface area contributed by atoms with Crippen molar-refractivity contribution in [1.29, 1.82) is 0 Å². The molecule has 2 rings (SSSR count). The van der Waals surface area contributed by atoms with Gasteiger partial charge in [0, 0.05) is 18.5 Å². The Morgan fingerprint density at radius 2 is 2.45 bits per heavy atom. The van der Waals surface area contributed by atoms with Crippen molar-refractivity contribution in [2.75, 3.05) is 5.73 Å². The molecule has 2 aromatic rings. The highest BCUT2D eigenvalue weighted by atomic mass is 16.5. The van der Waals surface area contributed by atoms with Gasteiger partial charge in [-0.15, -0.1) is 0 Å². The van der Waals surface area contributed by atoms with Gasteiger partial charge in [-0.1, -0.05) is 5.16 Å². The van der Waals surface area contributed by atoms with Crippen molar-refractivity contribution in [3.05, 3.63) is 18.5 Å². The van der Waals surface area contributed by atoms with E-state index >= 15 is 0 Å². The van der Waals surface area contributed by atoms with Gasteiger partial charge in [-0.05, 0) is 0 Å². The molecule has 0 amide bonds. The number of imidazole rings is 1. The Labute approximate surface area is 62.2 Å². The molecule has 0 unspecified atom stereocenters. The van der Waals surface area contributed by atoms with Crippen molar-refractivity contribution in [2.45, 2.75) is 0 Å². The molecule has 2 aromatic heterocycles. The minimum atomic E-state index is 0.358. The summed E-state index contributed by atoms with van der Waals surface area (Å²) in [6, 6.07) is 1.61. The molecule has 5 nitrogen and oxygen atoms in total. The summed E-state index contributed by atoms with van der Waals surface area (Å²) < 4.78 is 4.84. The first-order valence-electron chi connectivity index (χ1n) is 3.08. The van der Waals surface area contributed by atoms with Crippen LogP contribution in [0.1, 0.15) is 0 Å². The first-order valence-corrected chi connectivity index (χ1v) is 3.08. The molecular formula is C6H6N4O. The predicted octanol–water partition coefficient (Wildman–Crippen LogP) is 0.647. The van der Waals surface area contributed by atoms with Crippen LogP contribution in [0.3, 0.4) is 0 Å². The van der Waals surface area contributed by atoms with E-state index in [1.54, 1.807) is 18.5 Å². The van der Waals surface area contributed by atoms with Gasteiger partial charge in [-0.25, -0.2) is 4.98 Å². The molecule has 0 fully saturated rings. The lowest BCUT2D eigenvalue weighted by Gasteiger charge is -1.82. The Bertz CT molecular complexity index is 337. The van der Waals surface area contributed by atoms with Gasteiger partial charge >= 0.3 is 0 Å². The highest BCUT2D eigenvalue weighted by molar-refractivity contribution is 5.50. The van der Waals surface area contributed by atoms with Gasteiger partial charge in [-0.3, -0.25) is 0 Å². The van der Waals surface area contributed by atoms with Crippen LogP contribution in [0.5, 0.6) is 0 Å². The molecule has 56 valence electrons. The highest BCUT2D eigenvalue weighted by Gasteiger charge is 2.04. The van der Waals surface area contributed by atoms with Gasteiger partial charge in [0.05, 0.1) is 0 Å². The molecule has 0 saturated carbocycles. The molecular weight excluding hydrogens is 144 g/mol. The van der Waals surface area contributed by atoms with Crippen LogP contribution in [-0.4, -0.2) is 15.1 Å². The summed E-state index contributed by atoms with van der Waals surface area (Å²) in [5, 5.41) is 3.52. The van der Waals surface area contributed by atoms with E-state index in [0.29, 0.717) is 17.4 Å². The Kier molecular flexibility index (Phi) is 1.15. The number of hydrogen-bond acceptors (Lipinski definition) is 4. The number of nitrogens with zero attached hydrogens (tertiary/aromatic N) is 2. The normalized spacial score (nSPS) is 10.2. The van der Waals surface area contributed by atoms with Crippen molar-refractivity contribution in [2.24, 2.45) is 0 Å². The molecule has 0 aliphatic rings. The maximum absolute atomic E-state index is 5.34. The molecule has 0 aromatic carbocycles. The molecule has 0 spiro atoms. The van der Waals surface area contributed by atoms with E-state index in [1.165, 1.54) is 0 Å². The number of rotatable bonds is 1.